The van der Waals surface area contributed by atoms with Crippen LogP contribution in [0.15, 0.2) is 30.3 Å². The minimum absolute atomic E-state index is 0.0313. The first kappa shape index (κ1) is 18.6. The number of carbonyl (C=O) groups excluding carboxylic acids is 2. The van der Waals surface area contributed by atoms with E-state index in [0.717, 1.165) is 17.8 Å². The van der Waals surface area contributed by atoms with Crippen LogP contribution in [0, 0.1) is 17.2 Å². The van der Waals surface area contributed by atoms with Gasteiger partial charge in [0.25, 0.3) is 5.91 Å². The number of aryl methyl sites for hydroxylation is 1. The molecule has 1 fully saturated rings. The second-order valence-electron chi connectivity index (χ2n) is 7.17. The van der Waals surface area contributed by atoms with Crippen LogP contribution < -0.4 is 4.90 Å². The summed E-state index contributed by atoms with van der Waals surface area (Å²) in [5, 5.41) is 13.3. The van der Waals surface area contributed by atoms with Crippen LogP contribution >= 0.6 is 0 Å². The van der Waals surface area contributed by atoms with Crippen molar-refractivity contribution in [3.8, 4) is 6.07 Å². The highest BCUT2D eigenvalue weighted by Crippen LogP contribution is 2.19. The van der Waals surface area contributed by atoms with Crippen LogP contribution in [0.4, 0.5) is 5.69 Å². The highest BCUT2D eigenvalue weighted by molar-refractivity contribution is 6.01. The Kier molecular flexibility index (Phi) is 5.26. The summed E-state index contributed by atoms with van der Waals surface area (Å²) in [5.74, 6) is 0.150. The Bertz CT molecular complexity index is 892. The van der Waals surface area contributed by atoms with Gasteiger partial charge in [-0.05, 0) is 42.7 Å². The zero-order valence-corrected chi connectivity index (χ0v) is 15.8. The van der Waals surface area contributed by atoms with Crippen molar-refractivity contribution in [2.24, 2.45) is 13.0 Å². The molecule has 2 amide bonds. The number of nitriles is 1. The molecule has 140 valence electrons. The standard InChI is InChI=1S/C20H23N5O2/c1-14(2)10-16-11-18(23(3)22-16)20(27)24-8-9-25(19(26)13-24)17-6-4-15(12-21)5-7-17/h4-7,11,14H,8-10,13H2,1-3H3. The Morgan fingerprint density at radius 1 is 1.26 bits per heavy atom. The molecule has 0 spiro atoms. The third kappa shape index (κ3) is 4.00. The Morgan fingerprint density at radius 3 is 2.56 bits per heavy atom. The van der Waals surface area contributed by atoms with Crippen LogP contribution in [0.1, 0.15) is 35.6 Å². The van der Waals surface area contributed by atoms with E-state index >= 15 is 0 Å². The first-order valence-corrected chi connectivity index (χ1v) is 9.01. The van der Waals surface area contributed by atoms with Crippen molar-refractivity contribution in [1.29, 1.82) is 5.26 Å². The predicted octanol–water partition coefficient (Wildman–Crippen LogP) is 1.98. The third-order valence-corrected chi connectivity index (χ3v) is 4.58. The van der Waals surface area contributed by atoms with E-state index in [2.05, 4.69) is 25.0 Å². The van der Waals surface area contributed by atoms with Crippen LogP contribution in [-0.4, -0.2) is 46.1 Å². The number of carbonyl (C=O) groups is 2. The van der Waals surface area contributed by atoms with Gasteiger partial charge in [0.05, 0.1) is 17.3 Å². The predicted molar refractivity (Wildman–Crippen MR) is 101 cm³/mol. The van der Waals surface area contributed by atoms with Crippen molar-refractivity contribution in [2.75, 3.05) is 24.5 Å². The molecule has 7 heteroatoms. The number of nitrogens with zero attached hydrogens (tertiary/aromatic N) is 5. The molecule has 0 unspecified atom stereocenters. The fraction of sp³-hybridized carbons (Fsp3) is 0.400. The Balaban J connectivity index is 1.70. The molecular weight excluding hydrogens is 342 g/mol. The maximum Gasteiger partial charge on any atom is 0.272 e. The lowest BCUT2D eigenvalue weighted by Gasteiger charge is -2.34. The van der Waals surface area contributed by atoms with E-state index in [1.54, 1.807) is 45.8 Å². The van der Waals surface area contributed by atoms with Crippen molar-refractivity contribution in [2.45, 2.75) is 20.3 Å². The van der Waals surface area contributed by atoms with Crippen molar-refractivity contribution in [3.05, 3.63) is 47.3 Å². The number of hydrogen-bond acceptors (Lipinski definition) is 4. The number of piperazine rings is 1. The van der Waals surface area contributed by atoms with Gasteiger partial charge in [0, 0.05) is 25.8 Å². The van der Waals surface area contributed by atoms with Crippen LogP contribution in [0.2, 0.25) is 0 Å². The molecule has 0 N–H and O–H groups in total. The zero-order chi connectivity index (χ0) is 19.6. The summed E-state index contributed by atoms with van der Waals surface area (Å²) in [4.78, 5) is 28.6. The van der Waals surface area contributed by atoms with Crippen molar-refractivity contribution in [3.63, 3.8) is 0 Å². The maximum atomic E-state index is 12.9. The Hall–Kier alpha value is -3.14. The van der Waals surface area contributed by atoms with Gasteiger partial charge in [0.1, 0.15) is 12.2 Å². The lowest BCUT2D eigenvalue weighted by molar-refractivity contribution is -0.120. The summed E-state index contributed by atoms with van der Waals surface area (Å²) in [6, 6.07) is 10.8. The highest BCUT2D eigenvalue weighted by Gasteiger charge is 2.30. The Labute approximate surface area is 158 Å². The second-order valence-corrected chi connectivity index (χ2v) is 7.17. The third-order valence-electron chi connectivity index (χ3n) is 4.58. The minimum atomic E-state index is -0.173. The van der Waals surface area contributed by atoms with Gasteiger partial charge in [0.2, 0.25) is 5.91 Å². The largest absolute Gasteiger partial charge is 0.326 e. The molecule has 7 nitrogen and oxygen atoms in total. The molecule has 3 rings (SSSR count). The molecule has 27 heavy (non-hydrogen) atoms. The number of aromatic nitrogens is 2. The minimum Gasteiger partial charge on any atom is -0.326 e. The summed E-state index contributed by atoms with van der Waals surface area (Å²) in [7, 11) is 1.76. The normalized spacial score (nSPS) is 14.6. The monoisotopic (exact) mass is 365 g/mol. The number of benzene rings is 1. The van der Waals surface area contributed by atoms with Gasteiger partial charge in [0.15, 0.2) is 0 Å². The molecule has 2 aromatic rings. The number of rotatable bonds is 4. The summed E-state index contributed by atoms with van der Waals surface area (Å²) in [6.45, 7) is 5.13. The van der Waals surface area contributed by atoms with Gasteiger partial charge in [-0.1, -0.05) is 13.8 Å². The molecular formula is C20H23N5O2. The summed E-state index contributed by atoms with van der Waals surface area (Å²) in [6.07, 6.45) is 0.812. The summed E-state index contributed by atoms with van der Waals surface area (Å²) >= 11 is 0. The van der Waals surface area contributed by atoms with Gasteiger partial charge < -0.3 is 9.80 Å². The van der Waals surface area contributed by atoms with Crippen LogP contribution in [-0.2, 0) is 18.3 Å². The fourth-order valence-electron chi connectivity index (χ4n) is 3.24. The quantitative estimate of drug-likeness (QED) is 0.829. The first-order valence-electron chi connectivity index (χ1n) is 9.01. The van der Waals surface area contributed by atoms with Gasteiger partial charge in [-0.2, -0.15) is 10.4 Å². The number of anilines is 1. The molecule has 0 radical (unpaired) electrons. The van der Waals surface area contributed by atoms with Crippen molar-refractivity contribution >= 4 is 17.5 Å². The molecule has 0 bridgehead atoms. The average Bonchev–Trinajstić information content (AvgIpc) is 3.00. The fourth-order valence-corrected chi connectivity index (χ4v) is 3.24. The molecule has 1 aromatic carbocycles. The summed E-state index contributed by atoms with van der Waals surface area (Å²) < 4.78 is 1.59. The van der Waals surface area contributed by atoms with Gasteiger partial charge >= 0.3 is 0 Å². The molecule has 1 aliphatic rings. The lowest BCUT2D eigenvalue weighted by Crippen LogP contribution is -2.52. The summed E-state index contributed by atoms with van der Waals surface area (Å²) in [5.41, 5.74) is 2.68. The number of amides is 2. The average molecular weight is 365 g/mol. The van der Waals surface area contributed by atoms with Gasteiger partial charge in [-0.15, -0.1) is 0 Å². The maximum absolute atomic E-state index is 12.9. The topological polar surface area (TPSA) is 82.2 Å². The van der Waals surface area contributed by atoms with E-state index in [9.17, 15) is 9.59 Å². The molecule has 1 aromatic heterocycles. The van der Waals surface area contributed by atoms with E-state index in [1.807, 2.05) is 6.07 Å². The van der Waals surface area contributed by atoms with Crippen LogP contribution in [0.5, 0.6) is 0 Å². The van der Waals surface area contributed by atoms with Crippen LogP contribution in [0.3, 0.4) is 0 Å². The van der Waals surface area contributed by atoms with E-state index in [0.29, 0.717) is 30.3 Å². The molecule has 0 aliphatic carbocycles. The molecule has 1 saturated heterocycles. The van der Waals surface area contributed by atoms with E-state index in [-0.39, 0.29) is 18.4 Å². The van der Waals surface area contributed by atoms with Crippen molar-refractivity contribution in [1.82, 2.24) is 14.7 Å². The number of hydrogen-bond donors (Lipinski definition) is 0. The molecule has 0 saturated carbocycles. The molecule has 0 atom stereocenters. The lowest BCUT2D eigenvalue weighted by atomic mass is 10.1. The van der Waals surface area contributed by atoms with E-state index in [4.69, 9.17) is 5.26 Å². The highest BCUT2D eigenvalue weighted by atomic mass is 16.2. The van der Waals surface area contributed by atoms with Crippen molar-refractivity contribution < 1.29 is 9.59 Å². The smallest absolute Gasteiger partial charge is 0.272 e. The van der Waals surface area contributed by atoms with E-state index in [1.165, 1.54) is 0 Å². The Morgan fingerprint density at radius 2 is 1.96 bits per heavy atom. The van der Waals surface area contributed by atoms with Crippen LogP contribution in [0.25, 0.3) is 0 Å². The second kappa shape index (κ2) is 7.62. The van der Waals surface area contributed by atoms with Gasteiger partial charge in [-0.3, -0.25) is 14.3 Å². The zero-order valence-electron chi connectivity index (χ0n) is 15.8. The van der Waals surface area contributed by atoms with Gasteiger partial charge in [-0.25, -0.2) is 0 Å². The van der Waals surface area contributed by atoms with E-state index < -0.39 is 0 Å². The molecule has 1 aliphatic heterocycles. The first-order chi connectivity index (χ1) is 12.9. The molecule has 2 heterocycles. The SMILES string of the molecule is CC(C)Cc1cc(C(=O)N2CCN(c3ccc(C#N)cc3)C(=O)C2)n(C)n1.